The highest BCUT2D eigenvalue weighted by Gasteiger charge is 2.31. The Bertz CT molecular complexity index is 191. The molecule has 0 unspecified atom stereocenters. The number of hydrogen-bond acceptors (Lipinski definition) is 3. The first kappa shape index (κ1) is 10.5. The molecule has 4 nitrogen and oxygen atoms in total. The summed E-state index contributed by atoms with van der Waals surface area (Å²) < 4.78 is 0. The van der Waals surface area contributed by atoms with Crippen LogP contribution in [0.3, 0.4) is 0 Å². The van der Waals surface area contributed by atoms with Crippen LogP contribution in [0.5, 0.6) is 0 Å². The molecule has 0 spiro atoms. The van der Waals surface area contributed by atoms with Gasteiger partial charge in [-0.1, -0.05) is 0 Å². The molecule has 0 aromatic carbocycles. The molecule has 0 aliphatic carbocycles. The molecule has 13 heavy (non-hydrogen) atoms. The fourth-order valence-electron chi connectivity index (χ4n) is 1.89. The van der Waals surface area contributed by atoms with Gasteiger partial charge in [0.1, 0.15) is 0 Å². The van der Waals surface area contributed by atoms with Crippen LogP contribution in [-0.2, 0) is 4.79 Å². The average Bonchev–Trinajstić information content (AvgIpc) is 2.41. The van der Waals surface area contributed by atoms with Crippen molar-refractivity contribution in [3.63, 3.8) is 0 Å². The molecule has 0 radical (unpaired) electrons. The highest BCUT2D eigenvalue weighted by Crippen LogP contribution is 2.27. The largest absolute Gasteiger partial charge is 0.298 e. The van der Waals surface area contributed by atoms with Gasteiger partial charge >= 0.3 is 0 Å². The van der Waals surface area contributed by atoms with Crippen molar-refractivity contribution in [3.8, 4) is 0 Å². The molecule has 1 aliphatic heterocycles. The van der Waals surface area contributed by atoms with Crippen LogP contribution in [0.15, 0.2) is 0 Å². The molecule has 1 fully saturated rings. The lowest BCUT2D eigenvalue weighted by atomic mass is 10.0. The van der Waals surface area contributed by atoms with Crippen LogP contribution in [0.25, 0.3) is 0 Å². The highest BCUT2D eigenvalue weighted by molar-refractivity contribution is 5.75. The average molecular weight is 185 g/mol. The van der Waals surface area contributed by atoms with Crippen molar-refractivity contribution in [2.75, 3.05) is 13.1 Å². The van der Waals surface area contributed by atoms with E-state index in [1.807, 2.05) is 0 Å². The summed E-state index contributed by atoms with van der Waals surface area (Å²) in [6.07, 6.45) is 2.95. The minimum absolute atomic E-state index is 0.0808. The molecular weight excluding hydrogens is 166 g/mol. The molecule has 0 bridgehead atoms. The fraction of sp³-hybridized carbons (Fsp3) is 0.889. The van der Waals surface area contributed by atoms with E-state index in [0.717, 1.165) is 13.1 Å². The number of nitrogens with one attached hydrogen (secondary N) is 1. The summed E-state index contributed by atoms with van der Waals surface area (Å²) in [5.74, 6) is 4.93. The van der Waals surface area contributed by atoms with Crippen molar-refractivity contribution in [1.82, 2.24) is 10.3 Å². The maximum atomic E-state index is 10.9. The summed E-state index contributed by atoms with van der Waals surface area (Å²) in [5, 5.41) is 0. The zero-order valence-electron chi connectivity index (χ0n) is 8.47. The maximum absolute atomic E-state index is 10.9. The lowest BCUT2D eigenvalue weighted by Gasteiger charge is -2.31. The molecule has 4 heteroatoms. The number of carbonyl (C=O) groups is 1. The van der Waals surface area contributed by atoms with Crippen LogP contribution in [0.1, 0.15) is 33.1 Å². The molecular formula is C9H19N3O. The van der Waals surface area contributed by atoms with E-state index in [1.54, 1.807) is 0 Å². The number of nitrogens with two attached hydrogens (primary N) is 1. The Morgan fingerprint density at radius 2 is 2.31 bits per heavy atom. The Morgan fingerprint density at radius 3 is 2.77 bits per heavy atom. The van der Waals surface area contributed by atoms with E-state index in [1.165, 1.54) is 12.8 Å². The Kier molecular flexibility index (Phi) is 3.27. The zero-order valence-corrected chi connectivity index (χ0v) is 8.47. The Labute approximate surface area is 79.4 Å². The van der Waals surface area contributed by atoms with E-state index in [9.17, 15) is 4.79 Å². The van der Waals surface area contributed by atoms with Gasteiger partial charge in [0.15, 0.2) is 0 Å². The number of likely N-dealkylation sites (tertiary alicyclic amines) is 1. The lowest BCUT2D eigenvalue weighted by molar-refractivity contribution is -0.121. The van der Waals surface area contributed by atoms with E-state index in [2.05, 4.69) is 24.2 Å². The molecule has 1 aliphatic rings. The summed E-state index contributed by atoms with van der Waals surface area (Å²) >= 11 is 0. The summed E-state index contributed by atoms with van der Waals surface area (Å²) in [5.41, 5.74) is 2.41. The number of carbonyl (C=O) groups excluding carboxylic acids is 1. The molecule has 1 saturated heterocycles. The zero-order chi connectivity index (χ0) is 9.90. The van der Waals surface area contributed by atoms with Gasteiger partial charge in [-0.15, -0.1) is 0 Å². The Balaban J connectivity index is 2.33. The summed E-state index contributed by atoms with van der Waals surface area (Å²) in [4.78, 5) is 13.3. The van der Waals surface area contributed by atoms with Gasteiger partial charge in [0.05, 0.1) is 0 Å². The quantitative estimate of drug-likeness (QED) is 0.376. The van der Waals surface area contributed by atoms with Gasteiger partial charge in [-0.3, -0.25) is 15.1 Å². The van der Waals surface area contributed by atoms with Crippen molar-refractivity contribution >= 4 is 5.91 Å². The van der Waals surface area contributed by atoms with Crippen molar-refractivity contribution in [3.05, 3.63) is 0 Å². The Hall–Kier alpha value is -0.610. The summed E-state index contributed by atoms with van der Waals surface area (Å²) in [7, 11) is 0. The molecule has 0 saturated carbocycles. The molecule has 1 amide bonds. The van der Waals surface area contributed by atoms with Crippen LogP contribution >= 0.6 is 0 Å². The number of nitrogens with zero attached hydrogens (tertiary/aromatic N) is 1. The van der Waals surface area contributed by atoms with Crippen LogP contribution in [-0.4, -0.2) is 29.4 Å². The van der Waals surface area contributed by atoms with Crippen molar-refractivity contribution < 1.29 is 4.79 Å². The first-order valence-electron chi connectivity index (χ1n) is 4.81. The summed E-state index contributed by atoms with van der Waals surface area (Å²) in [6, 6.07) is 0. The molecule has 1 heterocycles. The Morgan fingerprint density at radius 1 is 1.62 bits per heavy atom. The topological polar surface area (TPSA) is 58.4 Å². The van der Waals surface area contributed by atoms with Crippen LogP contribution in [0.2, 0.25) is 0 Å². The monoisotopic (exact) mass is 185 g/mol. The van der Waals surface area contributed by atoms with E-state index in [-0.39, 0.29) is 11.4 Å². The van der Waals surface area contributed by atoms with E-state index in [0.29, 0.717) is 6.42 Å². The van der Waals surface area contributed by atoms with E-state index >= 15 is 0 Å². The third-order valence-electron chi connectivity index (χ3n) is 2.84. The molecule has 0 aromatic heterocycles. The highest BCUT2D eigenvalue weighted by atomic mass is 16.2. The normalized spacial score (nSPS) is 21.8. The van der Waals surface area contributed by atoms with Gasteiger partial charge < -0.3 is 0 Å². The first-order valence-corrected chi connectivity index (χ1v) is 4.81. The molecule has 0 atom stereocenters. The minimum Gasteiger partial charge on any atom is -0.298 e. The molecule has 76 valence electrons. The fourth-order valence-corrected chi connectivity index (χ4v) is 1.89. The second-order valence-corrected chi connectivity index (χ2v) is 4.22. The van der Waals surface area contributed by atoms with Crippen molar-refractivity contribution in [1.29, 1.82) is 0 Å². The van der Waals surface area contributed by atoms with Gasteiger partial charge in [0.25, 0.3) is 0 Å². The lowest BCUT2D eigenvalue weighted by Crippen LogP contribution is -2.41. The van der Waals surface area contributed by atoms with Crippen LogP contribution in [0, 0.1) is 0 Å². The van der Waals surface area contributed by atoms with Crippen LogP contribution < -0.4 is 11.3 Å². The first-order chi connectivity index (χ1) is 6.06. The van der Waals surface area contributed by atoms with Gasteiger partial charge in [-0.2, -0.15) is 0 Å². The second-order valence-electron chi connectivity index (χ2n) is 4.22. The van der Waals surface area contributed by atoms with Gasteiger partial charge in [-0.25, -0.2) is 5.84 Å². The standard InChI is InChI=1S/C9H19N3O/c1-9(2)5-3-6-12(9)7-4-8(13)11-10/h3-7,10H2,1-2H3,(H,11,13). The molecule has 3 N–H and O–H groups in total. The SMILES string of the molecule is CC1(C)CCCN1CCC(=O)NN. The number of hydrazine groups is 1. The molecule has 1 rings (SSSR count). The van der Waals surface area contributed by atoms with E-state index in [4.69, 9.17) is 5.84 Å². The van der Waals surface area contributed by atoms with Crippen LogP contribution in [0.4, 0.5) is 0 Å². The van der Waals surface area contributed by atoms with Gasteiger partial charge in [0.2, 0.25) is 5.91 Å². The maximum Gasteiger partial charge on any atom is 0.235 e. The van der Waals surface area contributed by atoms with Crippen molar-refractivity contribution in [2.45, 2.75) is 38.6 Å². The van der Waals surface area contributed by atoms with Gasteiger partial charge in [0, 0.05) is 18.5 Å². The third kappa shape index (κ3) is 2.67. The van der Waals surface area contributed by atoms with Gasteiger partial charge in [-0.05, 0) is 33.2 Å². The number of rotatable bonds is 3. The predicted molar refractivity (Wildman–Crippen MR) is 51.8 cm³/mol. The molecule has 0 aromatic rings. The second kappa shape index (κ2) is 4.07. The summed E-state index contributed by atoms with van der Waals surface area (Å²) in [6.45, 7) is 6.36. The van der Waals surface area contributed by atoms with Crippen molar-refractivity contribution in [2.24, 2.45) is 5.84 Å². The number of amides is 1. The van der Waals surface area contributed by atoms with E-state index < -0.39 is 0 Å². The third-order valence-corrected chi connectivity index (χ3v) is 2.84. The minimum atomic E-state index is -0.0808. The smallest absolute Gasteiger partial charge is 0.235 e. The number of hydrogen-bond donors (Lipinski definition) is 2. The predicted octanol–water partition coefficient (Wildman–Crippen LogP) is 0.241.